The van der Waals surface area contributed by atoms with Gasteiger partial charge in [0.2, 0.25) is 0 Å². The number of ether oxygens (including phenoxy) is 1. The summed E-state index contributed by atoms with van der Waals surface area (Å²) in [6.45, 7) is 8.12. The molecule has 1 aromatic carbocycles. The topological polar surface area (TPSA) is 49.7 Å². The van der Waals surface area contributed by atoms with Gasteiger partial charge in [-0.3, -0.25) is 0 Å². The van der Waals surface area contributed by atoms with Crippen molar-refractivity contribution in [3.05, 3.63) is 35.9 Å². The average molecular weight is 220 g/mol. The van der Waals surface area contributed by atoms with E-state index in [1.165, 1.54) is 0 Å². The molecule has 0 saturated heterocycles. The molecule has 0 saturated carbocycles. The molecule has 0 spiro atoms. The molecule has 0 aliphatic heterocycles. The number of rotatable bonds is 5. The van der Waals surface area contributed by atoms with Crippen LogP contribution in [0, 0.1) is 6.92 Å². The summed E-state index contributed by atoms with van der Waals surface area (Å²) in [6, 6.07) is 5.32. The van der Waals surface area contributed by atoms with Crippen LogP contribution in [0.2, 0.25) is 0 Å². The maximum atomic E-state index is 9.20. The highest BCUT2D eigenvalue weighted by Crippen LogP contribution is 2.11. The van der Waals surface area contributed by atoms with Crippen molar-refractivity contribution in [1.82, 2.24) is 0 Å². The molecule has 0 unspecified atom stereocenters. The van der Waals surface area contributed by atoms with E-state index in [9.17, 15) is 10.0 Å². The molecule has 0 bridgehead atoms. The lowest BCUT2D eigenvalue weighted by Crippen LogP contribution is -2.31. The Morgan fingerprint density at radius 1 is 1.44 bits per heavy atom. The van der Waals surface area contributed by atoms with Gasteiger partial charge in [-0.25, -0.2) is 0 Å². The van der Waals surface area contributed by atoms with Crippen LogP contribution in [0.5, 0.6) is 5.75 Å². The highest BCUT2D eigenvalue weighted by Gasteiger charge is 2.17. The second-order valence-electron chi connectivity index (χ2n) is 3.81. The Morgan fingerprint density at radius 3 is 2.69 bits per heavy atom. The first-order valence-electron chi connectivity index (χ1n) is 5.30. The molecule has 0 atom stereocenters. The van der Waals surface area contributed by atoms with Crippen molar-refractivity contribution in [2.24, 2.45) is 0 Å². The van der Waals surface area contributed by atoms with Crippen LogP contribution < -0.4 is 10.2 Å². The van der Waals surface area contributed by atoms with Crippen molar-refractivity contribution >= 4 is 12.6 Å². The zero-order valence-electron chi connectivity index (χ0n) is 9.73. The van der Waals surface area contributed by atoms with Gasteiger partial charge in [-0.05, 0) is 25.0 Å². The van der Waals surface area contributed by atoms with E-state index < -0.39 is 7.12 Å². The Bertz CT molecular complexity index is 375. The van der Waals surface area contributed by atoms with Gasteiger partial charge >= 0.3 is 7.12 Å². The van der Waals surface area contributed by atoms with Crippen LogP contribution in [0.1, 0.15) is 18.9 Å². The van der Waals surface area contributed by atoms with Gasteiger partial charge < -0.3 is 14.8 Å². The molecule has 0 amide bonds. The molecule has 0 aromatic heterocycles. The smallest absolute Gasteiger partial charge is 0.490 e. The summed E-state index contributed by atoms with van der Waals surface area (Å²) < 4.78 is 5.49. The summed E-state index contributed by atoms with van der Waals surface area (Å²) in [5.74, 6) is 0.496. The molecule has 86 valence electrons. The monoisotopic (exact) mass is 220 g/mol. The molecule has 4 heteroatoms. The summed E-state index contributed by atoms with van der Waals surface area (Å²) in [7, 11) is -1.51. The van der Waals surface area contributed by atoms with Crippen molar-refractivity contribution in [3.8, 4) is 5.75 Å². The molecule has 0 fully saturated rings. The second-order valence-corrected chi connectivity index (χ2v) is 3.81. The standard InChI is InChI=1S/C12H17BO3/c1-4-9(2)8-16-12-6-5-10(3)7-11(12)13(14)15/h5-7,14-15H,2,4,8H2,1,3H3. The van der Waals surface area contributed by atoms with E-state index in [4.69, 9.17) is 4.74 Å². The minimum atomic E-state index is -1.51. The SMILES string of the molecule is C=C(CC)COc1ccc(C)cc1B(O)O. The quantitative estimate of drug-likeness (QED) is 0.575. The molecular formula is C12H17BO3. The molecule has 0 aliphatic rings. The normalized spacial score (nSPS) is 10.0. The van der Waals surface area contributed by atoms with Crippen LogP contribution >= 0.6 is 0 Å². The van der Waals surface area contributed by atoms with Gasteiger partial charge in [0.1, 0.15) is 12.4 Å². The van der Waals surface area contributed by atoms with Crippen LogP contribution in [0.3, 0.4) is 0 Å². The summed E-state index contributed by atoms with van der Waals surface area (Å²) >= 11 is 0. The van der Waals surface area contributed by atoms with Crippen molar-refractivity contribution in [3.63, 3.8) is 0 Å². The van der Waals surface area contributed by atoms with Crippen LogP contribution in [0.15, 0.2) is 30.4 Å². The highest BCUT2D eigenvalue weighted by atomic mass is 16.5. The van der Waals surface area contributed by atoms with Gasteiger partial charge in [0.25, 0.3) is 0 Å². The van der Waals surface area contributed by atoms with Gasteiger partial charge in [-0.1, -0.05) is 31.2 Å². The van der Waals surface area contributed by atoms with Gasteiger partial charge in [-0.2, -0.15) is 0 Å². The number of hydrogen-bond acceptors (Lipinski definition) is 3. The maximum absolute atomic E-state index is 9.20. The zero-order valence-corrected chi connectivity index (χ0v) is 9.73. The van der Waals surface area contributed by atoms with E-state index in [1.54, 1.807) is 12.1 Å². The van der Waals surface area contributed by atoms with E-state index in [0.717, 1.165) is 17.6 Å². The fraction of sp³-hybridized carbons (Fsp3) is 0.333. The van der Waals surface area contributed by atoms with Crippen LogP contribution in [0.4, 0.5) is 0 Å². The number of benzene rings is 1. The van der Waals surface area contributed by atoms with Crippen molar-refractivity contribution in [1.29, 1.82) is 0 Å². The Hall–Kier alpha value is -1.26. The summed E-state index contributed by atoms with van der Waals surface area (Å²) in [5.41, 5.74) is 2.33. The van der Waals surface area contributed by atoms with Gasteiger partial charge in [-0.15, -0.1) is 0 Å². The van der Waals surface area contributed by atoms with E-state index in [0.29, 0.717) is 17.8 Å². The van der Waals surface area contributed by atoms with E-state index in [-0.39, 0.29) is 0 Å². The average Bonchev–Trinajstić information content (AvgIpc) is 2.26. The van der Waals surface area contributed by atoms with Crippen molar-refractivity contribution < 1.29 is 14.8 Å². The number of aryl methyl sites for hydroxylation is 1. The molecule has 0 radical (unpaired) electrons. The summed E-state index contributed by atoms with van der Waals surface area (Å²) in [4.78, 5) is 0. The first-order chi connectivity index (χ1) is 7.54. The van der Waals surface area contributed by atoms with Gasteiger partial charge in [0.15, 0.2) is 0 Å². The fourth-order valence-corrected chi connectivity index (χ4v) is 1.28. The van der Waals surface area contributed by atoms with Crippen LogP contribution in [0.25, 0.3) is 0 Å². The molecule has 1 rings (SSSR count). The molecule has 0 aliphatic carbocycles. The summed E-state index contributed by atoms with van der Waals surface area (Å²) in [6.07, 6.45) is 0.850. The Morgan fingerprint density at radius 2 is 2.12 bits per heavy atom. The first kappa shape index (κ1) is 12.8. The third kappa shape index (κ3) is 3.40. The summed E-state index contributed by atoms with van der Waals surface area (Å²) in [5, 5.41) is 18.4. The molecule has 1 aromatic rings. The third-order valence-corrected chi connectivity index (χ3v) is 2.38. The molecule has 0 heterocycles. The third-order valence-electron chi connectivity index (χ3n) is 2.38. The van der Waals surface area contributed by atoms with Crippen molar-refractivity contribution in [2.45, 2.75) is 20.3 Å². The van der Waals surface area contributed by atoms with E-state index in [1.807, 2.05) is 19.9 Å². The van der Waals surface area contributed by atoms with Gasteiger partial charge in [0, 0.05) is 5.46 Å². The first-order valence-corrected chi connectivity index (χ1v) is 5.30. The molecular weight excluding hydrogens is 203 g/mol. The lowest BCUT2D eigenvalue weighted by Gasteiger charge is -2.12. The Kier molecular flexibility index (Phi) is 4.59. The highest BCUT2D eigenvalue weighted by molar-refractivity contribution is 6.59. The lowest BCUT2D eigenvalue weighted by molar-refractivity contribution is 0.348. The minimum absolute atomic E-state index is 0.393. The number of hydrogen-bond donors (Lipinski definition) is 2. The van der Waals surface area contributed by atoms with Gasteiger partial charge in [0.05, 0.1) is 0 Å². The Balaban J connectivity index is 2.82. The maximum Gasteiger partial charge on any atom is 0.492 e. The lowest BCUT2D eigenvalue weighted by atomic mass is 9.79. The van der Waals surface area contributed by atoms with Crippen LogP contribution in [-0.2, 0) is 0 Å². The minimum Gasteiger partial charge on any atom is -0.490 e. The van der Waals surface area contributed by atoms with Crippen LogP contribution in [-0.4, -0.2) is 23.8 Å². The molecule has 16 heavy (non-hydrogen) atoms. The fourth-order valence-electron chi connectivity index (χ4n) is 1.28. The Labute approximate surface area is 96.5 Å². The molecule has 3 nitrogen and oxygen atoms in total. The molecule has 2 N–H and O–H groups in total. The predicted octanol–water partition coefficient (Wildman–Crippen LogP) is 1.02. The zero-order chi connectivity index (χ0) is 12.1. The largest absolute Gasteiger partial charge is 0.492 e. The predicted molar refractivity (Wildman–Crippen MR) is 65.9 cm³/mol. The van der Waals surface area contributed by atoms with Crippen molar-refractivity contribution in [2.75, 3.05) is 6.61 Å². The van der Waals surface area contributed by atoms with E-state index >= 15 is 0 Å². The second kappa shape index (κ2) is 5.73. The van der Waals surface area contributed by atoms with E-state index in [2.05, 4.69) is 6.58 Å².